The Morgan fingerprint density at radius 1 is 1.18 bits per heavy atom. The van der Waals surface area contributed by atoms with Crippen LogP contribution in [0.1, 0.15) is 48.8 Å². The number of amides is 1. The molecule has 7 heteroatoms. The zero-order valence-electron chi connectivity index (χ0n) is 16.4. The van der Waals surface area contributed by atoms with Gasteiger partial charge in [-0.25, -0.2) is 9.97 Å². The summed E-state index contributed by atoms with van der Waals surface area (Å²) in [6.07, 6.45) is 4.56. The highest BCUT2D eigenvalue weighted by Gasteiger charge is 2.24. The molecule has 0 bridgehead atoms. The molecule has 3 heterocycles. The van der Waals surface area contributed by atoms with E-state index in [9.17, 15) is 4.79 Å². The monoisotopic (exact) mass is 382 g/mol. The Labute approximate surface area is 165 Å². The second-order valence-corrected chi connectivity index (χ2v) is 7.26. The number of nitrogens with one attached hydrogen (secondary N) is 1. The standard InChI is InChI=1S/C21H26N4O3/c1-3-16-6-4-5-9-25(16)21-22-14(2)12-17(24-21)20(26)23-15-7-8-18-19(13-15)28-11-10-27-18/h7-8,12-13,16H,3-6,9-11H2,1-2H3,(H,23,26). The Morgan fingerprint density at radius 2 is 2.00 bits per heavy atom. The number of nitrogens with zero attached hydrogens (tertiary/aromatic N) is 3. The average molecular weight is 382 g/mol. The molecule has 0 spiro atoms. The van der Waals surface area contributed by atoms with Gasteiger partial charge in [-0.1, -0.05) is 6.92 Å². The zero-order valence-corrected chi connectivity index (χ0v) is 16.4. The molecule has 1 N–H and O–H groups in total. The van der Waals surface area contributed by atoms with Gasteiger partial charge in [0.2, 0.25) is 5.95 Å². The Bertz CT molecular complexity index is 871. The summed E-state index contributed by atoms with van der Waals surface area (Å²) in [6.45, 7) is 6.07. The van der Waals surface area contributed by atoms with Gasteiger partial charge >= 0.3 is 0 Å². The number of hydrogen-bond donors (Lipinski definition) is 1. The van der Waals surface area contributed by atoms with Crippen molar-refractivity contribution >= 4 is 17.5 Å². The first-order valence-corrected chi connectivity index (χ1v) is 9.97. The van der Waals surface area contributed by atoms with Crippen molar-refractivity contribution in [2.75, 3.05) is 30.0 Å². The largest absolute Gasteiger partial charge is 0.486 e. The lowest BCUT2D eigenvalue weighted by Gasteiger charge is -2.35. The molecule has 2 aliphatic rings. The molecule has 7 nitrogen and oxygen atoms in total. The van der Waals surface area contributed by atoms with E-state index in [4.69, 9.17) is 9.47 Å². The van der Waals surface area contributed by atoms with Crippen molar-refractivity contribution in [1.82, 2.24) is 9.97 Å². The van der Waals surface area contributed by atoms with Crippen LogP contribution in [-0.2, 0) is 0 Å². The van der Waals surface area contributed by atoms with E-state index in [1.54, 1.807) is 24.3 Å². The molecule has 28 heavy (non-hydrogen) atoms. The van der Waals surface area contributed by atoms with E-state index in [1.807, 2.05) is 6.92 Å². The smallest absolute Gasteiger partial charge is 0.274 e. The Balaban J connectivity index is 1.55. The highest BCUT2D eigenvalue weighted by molar-refractivity contribution is 6.03. The third kappa shape index (κ3) is 3.88. The number of rotatable bonds is 4. The minimum Gasteiger partial charge on any atom is -0.486 e. The summed E-state index contributed by atoms with van der Waals surface area (Å²) >= 11 is 0. The fourth-order valence-corrected chi connectivity index (χ4v) is 3.80. The average Bonchev–Trinajstić information content (AvgIpc) is 2.73. The van der Waals surface area contributed by atoms with Crippen LogP contribution in [0.15, 0.2) is 24.3 Å². The van der Waals surface area contributed by atoms with E-state index in [2.05, 4.69) is 27.1 Å². The van der Waals surface area contributed by atoms with E-state index >= 15 is 0 Å². The molecule has 1 saturated heterocycles. The lowest BCUT2D eigenvalue weighted by molar-refractivity contribution is 0.102. The van der Waals surface area contributed by atoms with E-state index in [0.717, 1.165) is 31.5 Å². The second-order valence-electron chi connectivity index (χ2n) is 7.26. The van der Waals surface area contributed by atoms with Gasteiger partial charge in [0.1, 0.15) is 18.9 Å². The molecule has 1 unspecified atom stereocenters. The molecule has 1 fully saturated rings. The molecule has 1 amide bonds. The van der Waals surface area contributed by atoms with E-state index in [1.165, 1.54) is 6.42 Å². The summed E-state index contributed by atoms with van der Waals surface area (Å²) in [5.74, 6) is 1.73. The fourth-order valence-electron chi connectivity index (χ4n) is 3.80. The van der Waals surface area contributed by atoms with Crippen molar-refractivity contribution in [2.24, 2.45) is 0 Å². The molecule has 1 aromatic heterocycles. The van der Waals surface area contributed by atoms with Crippen molar-refractivity contribution in [1.29, 1.82) is 0 Å². The van der Waals surface area contributed by atoms with Crippen molar-refractivity contribution in [2.45, 2.75) is 45.6 Å². The molecule has 1 aromatic carbocycles. The first kappa shape index (κ1) is 18.5. The third-order valence-corrected chi connectivity index (χ3v) is 5.23. The number of benzene rings is 1. The predicted octanol–water partition coefficient (Wildman–Crippen LogP) is 3.58. The SMILES string of the molecule is CCC1CCCCN1c1nc(C)cc(C(=O)Nc2ccc3c(c2)OCCO3)n1. The van der Waals surface area contributed by atoms with E-state index < -0.39 is 0 Å². The van der Waals surface area contributed by atoms with Crippen molar-refractivity contribution in [3.63, 3.8) is 0 Å². The summed E-state index contributed by atoms with van der Waals surface area (Å²) in [4.78, 5) is 24.3. The molecule has 2 aliphatic heterocycles. The van der Waals surface area contributed by atoms with E-state index in [-0.39, 0.29) is 5.91 Å². The molecule has 0 saturated carbocycles. The minimum absolute atomic E-state index is 0.256. The van der Waals surface area contributed by atoms with Crippen molar-refractivity contribution < 1.29 is 14.3 Å². The van der Waals surface area contributed by atoms with Gasteiger partial charge < -0.3 is 19.7 Å². The minimum atomic E-state index is -0.256. The zero-order chi connectivity index (χ0) is 19.5. The van der Waals surface area contributed by atoms with Gasteiger partial charge in [-0.15, -0.1) is 0 Å². The molecule has 0 aliphatic carbocycles. The fraction of sp³-hybridized carbons (Fsp3) is 0.476. The summed E-state index contributed by atoms with van der Waals surface area (Å²) in [5, 5.41) is 2.91. The van der Waals surface area contributed by atoms with Gasteiger partial charge in [0.25, 0.3) is 5.91 Å². The number of piperidine rings is 1. The molecule has 0 radical (unpaired) electrons. The van der Waals surface area contributed by atoms with Crippen LogP contribution in [0.25, 0.3) is 0 Å². The molecule has 2 aromatic rings. The number of aromatic nitrogens is 2. The highest BCUT2D eigenvalue weighted by Crippen LogP contribution is 2.32. The summed E-state index contributed by atoms with van der Waals surface area (Å²) in [5.41, 5.74) is 1.81. The first-order valence-electron chi connectivity index (χ1n) is 9.97. The van der Waals surface area contributed by atoms with Crippen LogP contribution in [0.4, 0.5) is 11.6 Å². The van der Waals surface area contributed by atoms with Crippen LogP contribution in [0.2, 0.25) is 0 Å². The lowest BCUT2D eigenvalue weighted by atomic mass is 10.0. The topological polar surface area (TPSA) is 76.6 Å². The summed E-state index contributed by atoms with van der Waals surface area (Å²) in [6, 6.07) is 7.54. The van der Waals surface area contributed by atoms with Gasteiger partial charge in [-0.2, -0.15) is 0 Å². The number of anilines is 2. The van der Waals surface area contributed by atoms with Crippen molar-refractivity contribution in [3.05, 3.63) is 35.7 Å². The Hall–Kier alpha value is -2.83. The first-order chi connectivity index (χ1) is 13.6. The third-order valence-electron chi connectivity index (χ3n) is 5.23. The highest BCUT2D eigenvalue weighted by atomic mass is 16.6. The van der Waals surface area contributed by atoms with Crippen LogP contribution in [-0.4, -0.2) is 41.7 Å². The van der Waals surface area contributed by atoms with Crippen molar-refractivity contribution in [3.8, 4) is 11.5 Å². The summed E-state index contributed by atoms with van der Waals surface area (Å²) in [7, 11) is 0. The molecule has 4 rings (SSSR count). The number of carbonyl (C=O) groups excluding carboxylic acids is 1. The van der Waals surface area contributed by atoms with Gasteiger partial charge in [0.05, 0.1) is 0 Å². The van der Waals surface area contributed by atoms with Gasteiger partial charge in [0.15, 0.2) is 11.5 Å². The van der Waals surface area contributed by atoms with Crippen LogP contribution in [0.5, 0.6) is 11.5 Å². The van der Waals surface area contributed by atoms with Gasteiger partial charge in [-0.05, 0) is 50.8 Å². The predicted molar refractivity (Wildman–Crippen MR) is 107 cm³/mol. The van der Waals surface area contributed by atoms with Crippen LogP contribution in [0, 0.1) is 6.92 Å². The molecular formula is C21H26N4O3. The maximum absolute atomic E-state index is 12.8. The van der Waals surface area contributed by atoms with Crippen LogP contribution < -0.4 is 19.7 Å². The normalized spacial score (nSPS) is 18.6. The number of hydrogen-bond acceptors (Lipinski definition) is 6. The number of aryl methyl sites for hydroxylation is 1. The van der Waals surface area contributed by atoms with Gasteiger partial charge in [0, 0.05) is 30.0 Å². The van der Waals surface area contributed by atoms with E-state index in [0.29, 0.717) is 48.1 Å². The molecular weight excluding hydrogens is 356 g/mol. The van der Waals surface area contributed by atoms with Gasteiger partial charge in [-0.3, -0.25) is 4.79 Å². The Kier molecular flexibility index (Phi) is 5.32. The maximum atomic E-state index is 12.8. The van der Waals surface area contributed by atoms with Crippen LogP contribution in [0.3, 0.4) is 0 Å². The lowest BCUT2D eigenvalue weighted by Crippen LogP contribution is -2.40. The van der Waals surface area contributed by atoms with Crippen LogP contribution >= 0.6 is 0 Å². The Morgan fingerprint density at radius 3 is 2.82 bits per heavy atom. The quantitative estimate of drug-likeness (QED) is 0.871. The molecule has 1 atom stereocenters. The molecule has 148 valence electrons. The summed E-state index contributed by atoms with van der Waals surface area (Å²) < 4.78 is 11.1. The number of carbonyl (C=O) groups is 1. The number of ether oxygens (including phenoxy) is 2. The second kappa shape index (κ2) is 8.04. The number of fused-ring (bicyclic) bond motifs is 1. The maximum Gasteiger partial charge on any atom is 0.274 e.